The normalized spacial score (nSPS) is 22.2. The molecule has 0 spiro atoms. The largest absolute Gasteiger partial charge is 0.481 e. The van der Waals surface area contributed by atoms with Gasteiger partial charge in [0.25, 0.3) is 0 Å². The second kappa shape index (κ2) is 3.72. The van der Waals surface area contributed by atoms with E-state index in [0.29, 0.717) is 0 Å². The highest BCUT2D eigenvalue weighted by Crippen LogP contribution is 2.29. The fourth-order valence-corrected chi connectivity index (χ4v) is 1.50. The number of aliphatic carboxylic acids is 1. The molecule has 1 unspecified atom stereocenters. The Hall–Kier alpha value is -0.830. The molecule has 0 radical (unpaired) electrons. The highest BCUT2D eigenvalue weighted by Gasteiger charge is 2.17. The molecule has 0 heterocycles. The van der Waals surface area contributed by atoms with Crippen molar-refractivity contribution >= 4 is 21.9 Å². The minimum absolute atomic E-state index is 0.0677. The van der Waals surface area contributed by atoms with Gasteiger partial charge in [-0.2, -0.15) is 0 Å². The zero-order chi connectivity index (χ0) is 9.14. The van der Waals surface area contributed by atoms with E-state index in [2.05, 4.69) is 22.5 Å². The van der Waals surface area contributed by atoms with Gasteiger partial charge in [0.15, 0.2) is 0 Å². The van der Waals surface area contributed by atoms with Crippen molar-refractivity contribution in [1.29, 1.82) is 0 Å². The number of allylic oxidation sites excluding steroid dienone is 5. The van der Waals surface area contributed by atoms with Crippen LogP contribution in [0.3, 0.4) is 0 Å². The molecule has 0 aromatic heterocycles. The topological polar surface area (TPSA) is 37.3 Å². The molecule has 1 rings (SSSR count). The summed E-state index contributed by atoms with van der Waals surface area (Å²) in [7, 11) is 0. The molecular formula is C9H9BrO2. The van der Waals surface area contributed by atoms with Crippen molar-refractivity contribution in [1.82, 2.24) is 0 Å². The highest BCUT2D eigenvalue weighted by atomic mass is 79.9. The molecule has 1 atom stereocenters. The van der Waals surface area contributed by atoms with E-state index in [9.17, 15) is 4.79 Å². The average Bonchev–Trinajstić information content (AvgIpc) is 1.98. The smallest absolute Gasteiger partial charge is 0.304 e. The van der Waals surface area contributed by atoms with Gasteiger partial charge in [-0.1, -0.05) is 34.7 Å². The van der Waals surface area contributed by atoms with Gasteiger partial charge in [-0.25, -0.2) is 0 Å². The van der Waals surface area contributed by atoms with Crippen LogP contribution in [0.4, 0.5) is 0 Å². The van der Waals surface area contributed by atoms with Crippen LogP contribution in [0, 0.1) is 5.92 Å². The molecule has 0 bridgehead atoms. The second-order valence-corrected chi connectivity index (χ2v) is 3.48. The molecule has 64 valence electrons. The van der Waals surface area contributed by atoms with Crippen LogP contribution in [0.5, 0.6) is 0 Å². The molecular weight excluding hydrogens is 220 g/mol. The third-order valence-electron chi connectivity index (χ3n) is 1.73. The molecule has 0 saturated carbocycles. The van der Waals surface area contributed by atoms with Gasteiger partial charge >= 0.3 is 5.97 Å². The molecule has 12 heavy (non-hydrogen) atoms. The predicted molar refractivity (Wildman–Crippen MR) is 51.0 cm³/mol. The summed E-state index contributed by atoms with van der Waals surface area (Å²) in [5, 5.41) is 8.56. The van der Waals surface area contributed by atoms with E-state index >= 15 is 0 Å². The Bertz CT molecular complexity index is 276. The number of hydrogen-bond acceptors (Lipinski definition) is 1. The van der Waals surface area contributed by atoms with Crippen molar-refractivity contribution < 1.29 is 9.90 Å². The van der Waals surface area contributed by atoms with Gasteiger partial charge < -0.3 is 5.11 Å². The lowest BCUT2D eigenvalue weighted by Crippen LogP contribution is -2.09. The molecule has 1 aliphatic carbocycles. The number of rotatable bonds is 2. The monoisotopic (exact) mass is 228 g/mol. The molecule has 2 nitrogen and oxygen atoms in total. The predicted octanol–water partition coefficient (Wildman–Crippen LogP) is 2.48. The second-order valence-electron chi connectivity index (χ2n) is 2.63. The van der Waals surface area contributed by atoms with Gasteiger partial charge in [0.1, 0.15) is 0 Å². The third-order valence-corrected chi connectivity index (χ3v) is 2.51. The lowest BCUT2D eigenvalue weighted by Gasteiger charge is -2.16. The van der Waals surface area contributed by atoms with Crippen molar-refractivity contribution in [3.8, 4) is 0 Å². The first kappa shape index (κ1) is 9.26. The zero-order valence-electron chi connectivity index (χ0n) is 6.46. The zero-order valence-corrected chi connectivity index (χ0v) is 8.04. The Morgan fingerprint density at radius 3 is 3.00 bits per heavy atom. The van der Waals surface area contributed by atoms with Gasteiger partial charge in [-0.05, 0) is 11.6 Å². The Morgan fingerprint density at radius 2 is 2.42 bits per heavy atom. The fourth-order valence-electron chi connectivity index (χ4n) is 1.05. The lowest BCUT2D eigenvalue weighted by atomic mass is 9.93. The lowest BCUT2D eigenvalue weighted by molar-refractivity contribution is -0.137. The Labute approximate surface area is 79.4 Å². The number of carboxylic acids is 1. The minimum Gasteiger partial charge on any atom is -0.481 e. The van der Waals surface area contributed by atoms with E-state index in [1.165, 1.54) is 0 Å². The number of carbonyl (C=O) groups is 1. The van der Waals surface area contributed by atoms with Crippen LogP contribution in [0.2, 0.25) is 0 Å². The van der Waals surface area contributed by atoms with E-state index in [-0.39, 0.29) is 12.3 Å². The van der Waals surface area contributed by atoms with Crippen molar-refractivity contribution in [3.63, 3.8) is 0 Å². The van der Waals surface area contributed by atoms with Crippen LogP contribution < -0.4 is 0 Å². The van der Waals surface area contributed by atoms with Crippen LogP contribution in [-0.4, -0.2) is 11.1 Å². The molecule has 0 amide bonds. The fraction of sp³-hybridized carbons (Fsp3) is 0.222. The van der Waals surface area contributed by atoms with Gasteiger partial charge in [-0.3, -0.25) is 4.79 Å². The summed E-state index contributed by atoms with van der Waals surface area (Å²) in [5.74, 6) is -0.866. The summed E-state index contributed by atoms with van der Waals surface area (Å²) in [6.45, 7) is 3.80. The summed E-state index contributed by atoms with van der Waals surface area (Å²) in [5.41, 5.74) is 0.833. The summed E-state index contributed by atoms with van der Waals surface area (Å²) >= 11 is 3.30. The molecule has 1 aliphatic rings. The molecule has 0 fully saturated rings. The number of halogens is 1. The molecule has 0 aliphatic heterocycles. The summed E-state index contributed by atoms with van der Waals surface area (Å²) in [6, 6.07) is 0. The maximum Gasteiger partial charge on any atom is 0.304 e. The Kier molecular flexibility index (Phi) is 2.87. The van der Waals surface area contributed by atoms with Crippen LogP contribution in [0.15, 0.2) is 34.9 Å². The van der Waals surface area contributed by atoms with Crippen molar-refractivity contribution in [2.45, 2.75) is 6.42 Å². The Morgan fingerprint density at radius 1 is 1.75 bits per heavy atom. The van der Waals surface area contributed by atoms with Crippen LogP contribution >= 0.6 is 15.9 Å². The standard InChI is InChI=1S/C9H9BrO2/c1-6-7(5-9(11)12)3-2-4-8(6)10/h2-4,7H,1,5H2,(H,11,12). The highest BCUT2D eigenvalue weighted by molar-refractivity contribution is 9.12. The number of carboxylic acid groups (broad SMARTS) is 1. The van der Waals surface area contributed by atoms with Gasteiger partial charge in [0.05, 0.1) is 6.42 Å². The van der Waals surface area contributed by atoms with Crippen LogP contribution in [-0.2, 0) is 4.79 Å². The summed E-state index contributed by atoms with van der Waals surface area (Å²) < 4.78 is 0.885. The first-order chi connectivity index (χ1) is 5.61. The molecule has 0 aromatic carbocycles. The van der Waals surface area contributed by atoms with Gasteiger partial charge in [0, 0.05) is 10.4 Å². The molecule has 1 N–H and O–H groups in total. The van der Waals surface area contributed by atoms with E-state index < -0.39 is 5.97 Å². The van der Waals surface area contributed by atoms with Crippen LogP contribution in [0.25, 0.3) is 0 Å². The average molecular weight is 229 g/mol. The SMILES string of the molecule is C=C1C(Br)=CC=CC1CC(=O)O. The van der Waals surface area contributed by atoms with Gasteiger partial charge in [-0.15, -0.1) is 0 Å². The maximum atomic E-state index is 10.4. The number of hydrogen-bond donors (Lipinski definition) is 1. The quantitative estimate of drug-likeness (QED) is 0.789. The summed E-state index contributed by atoms with van der Waals surface area (Å²) in [6.07, 6.45) is 5.66. The van der Waals surface area contributed by atoms with Crippen molar-refractivity contribution in [2.75, 3.05) is 0 Å². The Balaban J connectivity index is 2.70. The van der Waals surface area contributed by atoms with E-state index in [1.807, 2.05) is 18.2 Å². The van der Waals surface area contributed by atoms with E-state index in [0.717, 1.165) is 10.1 Å². The molecule has 0 aromatic rings. The molecule has 0 saturated heterocycles. The van der Waals surface area contributed by atoms with E-state index in [1.54, 1.807) is 0 Å². The maximum absolute atomic E-state index is 10.4. The summed E-state index contributed by atoms with van der Waals surface area (Å²) in [4.78, 5) is 10.4. The first-order valence-electron chi connectivity index (χ1n) is 3.56. The van der Waals surface area contributed by atoms with Crippen molar-refractivity contribution in [3.05, 3.63) is 34.9 Å². The minimum atomic E-state index is -0.798. The van der Waals surface area contributed by atoms with Crippen molar-refractivity contribution in [2.24, 2.45) is 5.92 Å². The first-order valence-corrected chi connectivity index (χ1v) is 4.35. The molecule has 3 heteroatoms. The van der Waals surface area contributed by atoms with Crippen LogP contribution in [0.1, 0.15) is 6.42 Å². The van der Waals surface area contributed by atoms with E-state index in [4.69, 9.17) is 5.11 Å². The third kappa shape index (κ3) is 2.08. The van der Waals surface area contributed by atoms with Gasteiger partial charge in [0.2, 0.25) is 0 Å².